The molecule has 17 heavy (non-hydrogen) atoms. The molecule has 1 aliphatic carbocycles. The SMILES string of the molecule is CC(NC(=O)C1(C#N)CC1)c1cccc(Br)c1. The monoisotopic (exact) mass is 292 g/mol. The average Bonchev–Trinajstić information content (AvgIpc) is 3.09. The lowest BCUT2D eigenvalue weighted by Crippen LogP contribution is -2.33. The van der Waals surface area contributed by atoms with E-state index in [1.54, 1.807) is 0 Å². The molecule has 2 rings (SSSR count). The van der Waals surface area contributed by atoms with Crippen molar-refractivity contribution in [1.82, 2.24) is 5.32 Å². The zero-order chi connectivity index (χ0) is 12.5. The van der Waals surface area contributed by atoms with Gasteiger partial charge in [0, 0.05) is 4.47 Å². The maximum Gasteiger partial charge on any atom is 0.240 e. The molecule has 1 aromatic carbocycles. The fourth-order valence-electron chi connectivity index (χ4n) is 1.71. The van der Waals surface area contributed by atoms with E-state index in [1.807, 2.05) is 31.2 Å². The van der Waals surface area contributed by atoms with E-state index in [2.05, 4.69) is 27.3 Å². The van der Waals surface area contributed by atoms with Crippen LogP contribution >= 0.6 is 15.9 Å². The minimum absolute atomic E-state index is 0.0779. The molecule has 0 aliphatic heterocycles. The molecule has 1 unspecified atom stereocenters. The summed E-state index contributed by atoms with van der Waals surface area (Å²) in [5.41, 5.74) is 0.279. The Balaban J connectivity index is 2.05. The van der Waals surface area contributed by atoms with Crippen LogP contribution in [0.15, 0.2) is 28.7 Å². The molecule has 1 saturated carbocycles. The second kappa shape index (κ2) is 4.50. The number of nitriles is 1. The standard InChI is InChI=1S/C13H13BrN2O/c1-9(10-3-2-4-11(14)7-10)16-12(17)13(8-15)5-6-13/h2-4,7,9H,5-6H2,1H3,(H,16,17). The number of carbonyl (C=O) groups excluding carboxylic acids is 1. The molecule has 1 fully saturated rings. The van der Waals surface area contributed by atoms with E-state index >= 15 is 0 Å². The molecule has 0 saturated heterocycles. The van der Waals surface area contributed by atoms with Gasteiger partial charge in [0.15, 0.2) is 0 Å². The minimum Gasteiger partial charge on any atom is -0.348 e. The topological polar surface area (TPSA) is 52.9 Å². The van der Waals surface area contributed by atoms with E-state index in [1.165, 1.54) is 0 Å². The smallest absolute Gasteiger partial charge is 0.240 e. The molecule has 1 aromatic rings. The van der Waals surface area contributed by atoms with Gasteiger partial charge in [0.25, 0.3) is 0 Å². The predicted octanol–water partition coefficient (Wildman–Crippen LogP) is 2.93. The molecule has 0 radical (unpaired) electrons. The number of nitrogens with zero attached hydrogens (tertiary/aromatic N) is 1. The van der Waals surface area contributed by atoms with Crippen molar-refractivity contribution in [1.29, 1.82) is 5.26 Å². The highest BCUT2D eigenvalue weighted by Gasteiger charge is 2.50. The van der Waals surface area contributed by atoms with Crippen LogP contribution in [0.5, 0.6) is 0 Å². The molecule has 1 N–H and O–H groups in total. The highest BCUT2D eigenvalue weighted by molar-refractivity contribution is 9.10. The number of amides is 1. The van der Waals surface area contributed by atoms with Crippen molar-refractivity contribution in [3.63, 3.8) is 0 Å². The maximum absolute atomic E-state index is 11.9. The maximum atomic E-state index is 11.9. The van der Waals surface area contributed by atoms with Gasteiger partial charge in [-0.1, -0.05) is 28.1 Å². The Morgan fingerprint density at radius 3 is 2.82 bits per heavy atom. The number of hydrogen-bond donors (Lipinski definition) is 1. The van der Waals surface area contributed by atoms with Crippen molar-refractivity contribution in [3.8, 4) is 6.07 Å². The molecule has 4 heteroatoms. The third-order valence-corrected chi connectivity index (χ3v) is 3.59. The van der Waals surface area contributed by atoms with Crippen LogP contribution in [-0.4, -0.2) is 5.91 Å². The molecule has 1 amide bonds. The molecular weight excluding hydrogens is 280 g/mol. The van der Waals surface area contributed by atoms with Crippen LogP contribution in [0.25, 0.3) is 0 Å². The third kappa shape index (κ3) is 2.50. The fourth-order valence-corrected chi connectivity index (χ4v) is 2.13. The molecule has 3 nitrogen and oxygen atoms in total. The zero-order valence-corrected chi connectivity index (χ0v) is 11.1. The second-order valence-corrected chi connectivity index (χ2v) is 5.36. The van der Waals surface area contributed by atoms with Crippen molar-refractivity contribution in [2.75, 3.05) is 0 Å². The predicted molar refractivity (Wildman–Crippen MR) is 68.0 cm³/mol. The Kier molecular flexibility index (Phi) is 3.21. The van der Waals surface area contributed by atoms with E-state index in [-0.39, 0.29) is 11.9 Å². The lowest BCUT2D eigenvalue weighted by Gasteiger charge is -2.16. The van der Waals surface area contributed by atoms with Gasteiger partial charge in [0.1, 0.15) is 5.41 Å². The first-order chi connectivity index (χ1) is 8.07. The lowest BCUT2D eigenvalue weighted by molar-refractivity contribution is -0.125. The Labute approximate surface area is 109 Å². The van der Waals surface area contributed by atoms with Crippen molar-refractivity contribution in [2.24, 2.45) is 5.41 Å². The molecule has 1 aliphatic rings. The molecule has 88 valence electrons. The van der Waals surface area contributed by atoms with Crippen LogP contribution in [0.2, 0.25) is 0 Å². The summed E-state index contributed by atoms with van der Waals surface area (Å²) in [4.78, 5) is 11.9. The van der Waals surface area contributed by atoms with Crippen LogP contribution in [0.4, 0.5) is 0 Å². The Morgan fingerprint density at radius 2 is 2.29 bits per heavy atom. The summed E-state index contributed by atoms with van der Waals surface area (Å²) in [7, 11) is 0. The molecule has 0 spiro atoms. The second-order valence-electron chi connectivity index (χ2n) is 4.44. The molecule has 0 heterocycles. The highest BCUT2D eigenvalue weighted by atomic mass is 79.9. The Bertz CT molecular complexity index is 488. The first-order valence-corrected chi connectivity index (χ1v) is 6.34. The van der Waals surface area contributed by atoms with Gasteiger partial charge in [-0.15, -0.1) is 0 Å². The van der Waals surface area contributed by atoms with Gasteiger partial charge in [0.05, 0.1) is 12.1 Å². The average molecular weight is 293 g/mol. The van der Waals surface area contributed by atoms with E-state index in [9.17, 15) is 4.79 Å². The van der Waals surface area contributed by atoms with Gasteiger partial charge in [-0.25, -0.2) is 0 Å². The van der Waals surface area contributed by atoms with Gasteiger partial charge < -0.3 is 5.32 Å². The first kappa shape index (κ1) is 12.1. The molecule has 0 bridgehead atoms. The van der Waals surface area contributed by atoms with E-state index in [0.29, 0.717) is 12.8 Å². The van der Waals surface area contributed by atoms with Crippen LogP contribution < -0.4 is 5.32 Å². The van der Waals surface area contributed by atoms with E-state index < -0.39 is 5.41 Å². The highest BCUT2D eigenvalue weighted by Crippen LogP contribution is 2.45. The quantitative estimate of drug-likeness (QED) is 0.931. The number of benzene rings is 1. The summed E-state index contributed by atoms with van der Waals surface area (Å²) in [6, 6.07) is 9.82. The van der Waals surface area contributed by atoms with Gasteiger partial charge in [0.2, 0.25) is 5.91 Å². The summed E-state index contributed by atoms with van der Waals surface area (Å²) >= 11 is 3.40. The molecule has 0 aromatic heterocycles. The summed E-state index contributed by atoms with van der Waals surface area (Å²) in [6.07, 6.45) is 1.36. The van der Waals surface area contributed by atoms with Gasteiger partial charge in [-0.3, -0.25) is 4.79 Å². The fraction of sp³-hybridized carbons (Fsp3) is 0.385. The van der Waals surface area contributed by atoms with Crippen molar-refractivity contribution >= 4 is 21.8 Å². The van der Waals surface area contributed by atoms with Crippen LogP contribution in [0, 0.1) is 16.7 Å². The number of nitrogens with one attached hydrogen (secondary N) is 1. The number of halogens is 1. The molecular formula is C13H13BrN2O. The van der Waals surface area contributed by atoms with Crippen molar-refractivity contribution in [3.05, 3.63) is 34.3 Å². The van der Waals surface area contributed by atoms with Crippen molar-refractivity contribution < 1.29 is 4.79 Å². The summed E-state index contributed by atoms with van der Waals surface area (Å²) in [5, 5.41) is 11.8. The summed E-state index contributed by atoms with van der Waals surface area (Å²) in [5.74, 6) is -0.146. The van der Waals surface area contributed by atoms with E-state index in [0.717, 1.165) is 10.0 Å². The first-order valence-electron chi connectivity index (χ1n) is 5.55. The number of carbonyl (C=O) groups is 1. The normalized spacial score (nSPS) is 17.9. The van der Waals surface area contributed by atoms with Gasteiger partial charge >= 0.3 is 0 Å². The van der Waals surface area contributed by atoms with Crippen LogP contribution in [0.3, 0.4) is 0 Å². The zero-order valence-electron chi connectivity index (χ0n) is 9.53. The lowest BCUT2D eigenvalue weighted by atomic mass is 10.1. The number of rotatable bonds is 3. The Hall–Kier alpha value is -1.34. The van der Waals surface area contributed by atoms with E-state index in [4.69, 9.17) is 5.26 Å². The Morgan fingerprint density at radius 1 is 1.59 bits per heavy atom. The van der Waals surface area contributed by atoms with Crippen LogP contribution in [0.1, 0.15) is 31.4 Å². The summed E-state index contributed by atoms with van der Waals surface area (Å²) in [6.45, 7) is 1.92. The van der Waals surface area contributed by atoms with Gasteiger partial charge in [-0.05, 0) is 37.5 Å². The third-order valence-electron chi connectivity index (χ3n) is 3.09. The molecule has 1 atom stereocenters. The minimum atomic E-state index is -0.750. The van der Waals surface area contributed by atoms with Crippen molar-refractivity contribution in [2.45, 2.75) is 25.8 Å². The largest absolute Gasteiger partial charge is 0.348 e. The van der Waals surface area contributed by atoms with Crippen LogP contribution in [-0.2, 0) is 4.79 Å². The van der Waals surface area contributed by atoms with Gasteiger partial charge in [-0.2, -0.15) is 5.26 Å². The summed E-state index contributed by atoms with van der Waals surface area (Å²) < 4.78 is 0.984. The number of hydrogen-bond acceptors (Lipinski definition) is 2.